The maximum atomic E-state index is 13.1. The van der Waals surface area contributed by atoms with Crippen LogP contribution in [0.25, 0.3) is 10.9 Å². The van der Waals surface area contributed by atoms with Crippen LogP contribution in [0.5, 0.6) is 0 Å². The van der Waals surface area contributed by atoms with Crippen molar-refractivity contribution in [3.8, 4) is 0 Å². The first-order valence-electron chi connectivity index (χ1n) is 10.1. The number of esters is 1. The summed E-state index contributed by atoms with van der Waals surface area (Å²) in [6.07, 6.45) is 0. The Morgan fingerprint density at radius 1 is 1.03 bits per heavy atom. The molecule has 32 heavy (non-hydrogen) atoms. The number of benzene rings is 2. The summed E-state index contributed by atoms with van der Waals surface area (Å²) in [5.74, 6) is -1.19. The van der Waals surface area contributed by atoms with Crippen molar-refractivity contribution >= 4 is 32.8 Å². The van der Waals surface area contributed by atoms with E-state index in [4.69, 9.17) is 4.74 Å². The Morgan fingerprint density at radius 3 is 2.38 bits per heavy atom. The molecule has 0 unspecified atom stereocenters. The lowest BCUT2D eigenvalue weighted by atomic mass is 10.1. The molecule has 1 N–H and O–H groups in total. The molecule has 0 bridgehead atoms. The van der Waals surface area contributed by atoms with E-state index in [0.717, 1.165) is 12.1 Å². The SMILES string of the molecule is CCOC(=O)c1cc2cc(C(=O)N3CCN(S(=O)(=O)c4ccc(F)cc4)CC3)ccc2[nH]1. The van der Waals surface area contributed by atoms with E-state index in [1.807, 2.05) is 0 Å². The van der Waals surface area contributed by atoms with Gasteiger partial charge in [-0.1, -0.05) is 0 Å². The topological polar surface area (TPSA) is 99.8 Å². The molecule has 1 fully saturated rings. The maximum absolute atomic E-state index is 13.1. The Labute approximate surface area is 184 Å². The van der Waals surface area contributed by atoms with Crippen LogP contribution < -0.4 is 0 Å². The fourth-order valence-corrected chi connectivity index (χ4v) is 5.08. The summed E-state index contributed by atoms with van der Waals surface area (Å²) in [5, 5.41) is 0.705. The lowest BCUT2D eigenvalue weighted by Crippen LogP contribution is -2.50. The number of halogens is 1. The molecule has 10 heteroatoms. The molecule has 2 aromatic carbocycles. The van der Waals surface area contributed by atoms with E-state index in [9.17, 15) is 22.4 Å². The number of piperazine rings is 1. The highest BCUT2D eigenvalue weighted by atomic mass is 32.2. The number of hydrogen-bond donors (Lipinski definition) is 1. The van der Waals surface area contributed by atoms with Gasteiger partial charge in [0.15, 0.2) is 0 Å². The lowest BCUT2D eigenvalue weighted by molar-refractivity contribution is 0.0520. The fraction of sp³-hybridized carbons (Fsp3) is 0.273. The van der Waals surface area contributed by atoms with Gasteiger partial charge in [0, 0.05) is 42.6 Å². The quantitative estimate of drug-likeness (QED) is 0.592. The van der Waals surface area contributed by atoms with Crippen molar-refractivity contribution in [2.75, 3.05) is 32.8 Å². The van der Waals surface area contributed by atoms with Crippen molar-refractivity contribution < 1.29 is 27.1 Å². The third kappa shape index (κ3) is 4.23. The first-order chi connectivity index (χ1) is 15.3. The van der Waals surface area contributed by atoms with Gasteiger partial charge in [-0.15, -0.1) is 0 Å². The summed E-state index contributed by atoms with van der Waals surface area (Å²) >= 11 is 0. The van der Waals surface area contributed by atoms with Crippen molar-refractivity contribution in [1.29, 1.82) is 0 Å². The number of sulfonamides is 1. The molecule has 0 spiro atoms. The van der Waals surface area contributed by atoms with E-state index < -0.39 is 21.8 Å². The smallest absolute Gasteiger partial charge is 0.354 e. The zero-order valence-corrected chi connectivity index (χ0v) is 18.2. The molecule has 3 aromatic rings. The summed E-state index contributed by atoms with van der Waals surface area (Å²) in [7, 11) is -3.75. The van der Waals surface area contributed by atoms with Crippen LogP contribution >= 0.6 is 0 Å². The average Bonchev–Trinajstić information content (AvgIpc) is 3.23. The van der Waals surface area contributed by atoms with Gasteiger partial charge in [0.1, 0.15) is 11.5 Å². The average molecular weight is 459 g/mol. The van der Waals surface area contributed by atoms with Crippen molar-refractivity contribution in [3.63, 3.8) is 0 Å². The van der Waals surface area contributed by atoms with Crippen molar-refractivity contribution in [3.05, 3.63) is 65.6 Å². The number of carbonyl (C=O) groups excluding carboxylic acids is 2. The Kier molecular flexibility index (Phi) is 5.98. The number of ether oxygens (including phenoxy) is 1. The highest BCUT2D eigenvalue weighted by Crippen LogP contribution is 2.21. The van der Waals surface area contributed by atoms with E-state index >= 15 is 0 Å². The second kappa shape index (κ2) is 8.71. The highest BCUT2D eigenvalue weighted by Gasteiger charge is 2.30. The molecule has 4 rings (SSSR count). The van der Waals surface area contributed by atoms with Gasteiger partial charge in [-0.3, -0.25) is 4.79 Å². The number of carbonyl (C=O) groups is 2. The number of amides is 1. The number of nitrogens with one attached hydrogen (secondary N) is 1. The minimum atomic E-state index is -3.75. The fourth-order valence-electron chi connectivity index (χ4n) is 3.65. The number of aromatic amines is 1. The molecule has 1 aromatic heterocycles. The predicted molar refractivity (Wildman–Crippen MR) is 115 cm³/mol. The van der Waals surface area contributed by atoms with Crippen LogP contribution in [-0.4, -0.2) is 67.3 Å². The number of aromatic nitrogens is 1. The van der Waals surface area contributed by atoms with Gasteiger partial charge < -0.3 is 14.6 Å². The van der Waals surface area contributed by atoms with Crippen LogP contribution in [-0.2, 0) is 14.8 Å². The molecule has 0 atom stereocenters. The molecule has 2 heterocycles. The molecule has 1 aliphatic rings. The Morgan fingerprint density at radius 2 is 1.72 bits per heavy atom. The molecule has 0 aliphatic carbocycles. The van der Waals surface area contributed by atoms with E-state index in [-0.39, 0.29) is 43.6 Å². The summed E-state index contributed by atoms with van der Waals surface area (Å²) in [4.78, 5) is 29.5. The normalized spacial score (nSPS) is 15.1. The maximum Gasteiger partial charge on any atom is 0.354 e. The molecule has 168 valence electrons. The summed E-state index contributed by atoms with van der Waals surface area (Å²) in [5.41, 5.74) is 1.47. The molecule has 1 aliphatic heterocycles. The number of hydrogen-bond acceptors (Lipinski definition) is 5. The number of rotatable bonds is 5. The zero-order chi connectivity index (χ0) is 22.9. The molecule has 8 nitrogen and oxygen atoms in total. The van der Waals surface area contributed by atoms with Crippen molar-refractivity contribution in [1.82, 2.24) is 14.2 Å². The van der Waals surface area contributed by atoms with E-state index in [1.165, 1.54) is 16.4 Å². The van der Waals surface area contributed by atoms with Crippen LogP contribution in [0.15, 0.2) is 53.4 Å². The molecule has 0 saturated carbocycles. The lowest BCUT2D eigenvalue weighted by Gasteiger charge is -2.34. The van der Waals surface area contributed by atoms with Crippen LogP contribution in [0, 0.1) is 5.82 Å². The van der Waals surface area contributed by atoms with E-state index in [1.54, 1.807) is 36.1 Å². The first-order valence-corrected chi connectivity index (χ1v) is 11.6. The van der Waals surface area contributed by atoms with Crippen LogP contribution in [0.3, 0.4) is 0 Å². The van der Waals surface area contributed by atoms with Crippen molar-refractivity contribution in [2.45, 2.75) is 11.8 Å². The molecule has 0 radical (unpaired) electrons. The van der Waals surface area contributed by atoms with Crippen LogP contribution in [0.2, 0.25) is 0 Å². The Bertz CT molecular complexity index is 1260. The second-order valence-electron chi connectivity index (χ2n) is 7.36. The third-order valence-corrected chi connectivity index (χ3v) is 7.25. The Balaban J connectivity index is 1.45. The molecule has 1 amide bonds. The minimum Gasteiger partial charge on any atom is -0.461 e. The third-order valence-electron chi connectivity index (χ3n) is 5.34. The van der Waals surface area contributed by atoms with E-state index in [0.29, 0.717) is 22.2 Å². The molecular formula is C22H22FN3O5S. The first kappa shape index (κ1) is 22.0. The van der Waals surface area contributed by atoms with Gasteiger partial charge in [-0.25, -0.2) is 17.6 Å². The standard InChI is InChI=1S/C22H22FN3O5S/c1-2-31-22(28)20-14-16-13-15(3-8-19(16)24-20)21(27)25-9-11-26(12-10-25)32(29,30)18-6-4-17(23)5-7-18/h3-8,13-14,24H,2,9-12H2,1H3. The minimum absolute atomic E-state index is 0.0222. The number of H-pyrrole nitrogens is 1. The van der Waals surface area contributed by atoms with Crippen LogP contribution in [0.4, 0.5) is 4.39 Å². The Hall–Kier alpha value is -3.24. The molecule has 1 saturated heterocycles. The van der Waals surface area contributed by atoms with Gasteiger partial charge in [-0.05, 0) is 55.5 Å². The van der Waals surface area contributed by atoms with Gasteiger partial charge in [-0.2, -0.15) is 4.31 Å². The van der Waals surface area contributed by atoms with Crippen LogP contribution in [0.1, 0.15) is 27.8 Å². The largest absolute Gasteiger partial charge is 0.461 e. The van der Waals surface area contributed by atoms with Gasteiger partial charge in [0.2, 0.25) is 10.0 Å². The number of fused-ring (bicyclic) bond motifs is 1. The molecular weight excluding hydrogens is 437 g/mol. The van der Waals surface area contributed by atoms with Crippen molar-refractivity contribution in [2.24, 2.45) is 0 Å². The number of nitrogens with zero attached hydrogens (tertiary/aromatic N) is 2. The summed E-state index contributed by atoms with van der Waals surface area (Å²) < 4.78 is 44.9. The second-order valence-corrected chi connectivity index (χ2v) is 9.29. The highest BCUT2D eigenvalue weighted by molar-refractivity contribution is 7.89. The monoisotopic (exact) mass is 459 g/mol. The van der Waals surface area contributed by atoms with Gasteiger partial charge in [0.25, 0.3) is 5.91 Å². The zero-order valence-electron chi connectivity index (χ0n) is 17.4. The summed E-state index contributed by atoms with van der Waals surface area (Å²) in [6.45, 7) is 2.75. The van der Waals surface area contributed by atoms with Gasteiger partial charge in [0.05, 0.1) is 11.5 Å². The van der Waals surface area contributed by atoms with E-state index in [2.05, 4.69) is 4.98 Å². The van der Waals surface area contributed by atoms with Gasteiger partial charge >= 0.3 is 5.97 Å². The predicted octanol–water partition coefficient (Wildman–Crippen LogP) is 2.63. The summed E-state index contributed by atoms with van der Waals surface area (Å²) in [6, 6.07) is 11.4.